The zero-order valence-electron chi connectivity index (χ0n) is 16.9. The van der Waals surface area contributed by atoms with Crippen LogP contribution < -0.4 is 5.43 Å². The second-order valence-electron chi connectivity index (χ2n) is 6.78. The van der Waals surface area contributed by atoms with Crippen LogP contribution in [-0.4, -0.2) is 50.5 Å². The van der Waals surface area contributed by atoms with Gasteiger partial charge in [0.25, 0.3) is 5.91 Å². The number of aromatic hydroxyl groups is 1. The van der Waals surface area contributed by atoms with Crippen molar-refractivity contribution in [1.82, 2.24) is 20.1 Å². The Morgan fingerprint density at radius 3 is 2.42 bits per heavy atom. The Balaban J connectivity index is 0.000000391. The Bertz CT molecular complexity index is 1040. The number of fused-ring (bicyclic) bond motifs is 1. The van der Waals surface area contributed by atoms with Gasteiger partial charge in [-0.05, 0) is 17.7 Å². The summed E-state index contributed by atoms with van der Waals surface area (Å²) in [6.45, 7) is 1.04. The molecule has 2 heterocycles. The van der Waals surface area contributed by atoms with Gasteiger partial charge >= 0.3 is 0 Å². The number of amides is 1. The van der Waals surface area contributed by atoms with Crippen molar-refractivity contribution in [2.75, 3.05) is 13.6 Å². The highest BCUT2D eigenvalue weighted by atomic mass is 32.1. The quantitative estimate of drug-likeness (QED) is 0.371. The number of nitrogens with zero attached hydrogens (tertiary/aromatic N) is 4. The number of rotatable bonds is 4. The van der Waals surface area contributed by atoms with E-state index in [0.29, 0.717) is 24.5 Å². The SMILES string of the molecule is CN1CCn2nc(/C=N/NC(=S)Cc3ccc(F)cc3)c(O)c2C1=O.c1ccccc1. The third kappa shape index (κ3) is 5.95. The lowest BCUT2D eigenvalue weighted by Gasteiger charge is -2.22. The Morgan fingerprint density at radius 1 is 1.19 bits per heavy atom. The third-order valence-corrected chi connectivity index (χ3v) is 4.71. The molecule has 1 aromatic heterocycles. The highest BCUT2D eigenvalue weighted by Gasteiger charge is 2.28. The zero-order chi connectivity index (χ0) is 22.2. The summed E-state index contributed by atoms with van der Waals surface area (Å²) in [4.78, 5) is 14.0. The van der Waals surface area contributed by atoms with E-state index in [2.05, 4.69) is 15.6 Å². The van der Waals surface area contributed by atoms with E-state index in [1.165, 1.54) is 27.9 Å². The zero-order valence-corrected chi connectivity index (χ0v) is 17.7. The molecule has 2 aromatic carbocycles. The van der Waals surface area contributed by atoms with E-state index in [-0.39, 0.29) is 28.9 Å². The monoisotopic (exact) mass is 439 g/mol. The van der Waals surface area contributed by atoms with Crippen LogP contribution in [0, 0.1) is 5.82 Å². The predicted octanol–water partition coefficient (Wildman–Crippen LogP) is 2.99. The molecule has 0 atom stereocenters. The fourth-order valence-electron chi connectivity index (χ4n) is 2.84. The Morgan fingerprint density at radius 2 is 1.81 bits per heavy atom. The molecule has 1 aliphatic rings. The number of hydrogen-bond donors (Lipinski definition) is 2. The molecule has 0 bridgehead atoms. The number of likely N-dealkylation sites (N-methyl/N-ethyl adjacent to an activating group) is 1. The number of halogens is 1. The number of hydrazone groups is 1. The average molecular weight is 440 g/mol. The van der Waals surface area contributed by atoms with Gasteiger partial charge in [0.1, 0.15) is 16.5 Å². The smallest absolute Gasteiger partial charge is 0.275 e. The summed E-state index contributed by atoms with van der Waals surface area (Å²) in [6, 6.07) is 18.0. The first kappa shape index (κ1) is 22.1. The van der Waals surface area contributed by atoms with E-state index in [1.807, 2.05) is 36.4 Å². The Labute approximate surface area is 184 Å². The molecule has 7 nitrogen and oxygen atoms in total. The fourth-order valence-corrected chi connectivity index (χ4v) is 3.06. The molecule has 2 N–H and O–H groups in total. The van der Waals surface area contributed by atoms with Crippen molar-refractivity contribution in [1.29, 1.82) is 0 Å². The normalized spacial score (nSPS) is 12.8. The highest BCUT2D eigenvalue weighted by molar-refractivity contribution is 7.80. The van der Waals surface area contributed by atoms with Gasteiger partial charge in [0, 0.05) is 20.0 Å². The van der Waals surface area contributed by atoms with Crippen molar-refractivity contribution in [2.24, 2.45) is 5.10 Å². The number of thiocarbonyl (C=S) groups is 1. The molecule has 1 aliphatic heterocycles. The minimum Gasteiger partial charge on any atom is -0.504 e. The lowest BCUT2D eigenvalue weighted by molar-refractivity contribution is 0.0739. The minimum absolute atomic E-state index is 0.157. The van der Waals surface area contributed by atoms with E-state index in [1.54, 1.807) is 19.2 Å². The molecule has 0 aliphatic carbocycles. The molecule has 0 unspecified atom stereocenters. The van der Waals surface area contributed by atoms with Crippen LogP contribution in [0.1, 0.15) is 21.7 Å². The van der Waals surface area contributed by atoms with Crippen molar-refractivity contribution in [3.63, 3.8) is 0 Å². The average Bonchev–Trinajstić information content (AvgIpc) is 3.10. The van der Waals surface area contributed by atoms with Crippen molar-refractivity contribution in [3.8, 4) is 5.75 Å². The largest absolute Gasteiger partial charge is 0.504 e. The summed E-state index contributed by atoms with van der Waals surface area (Å²) in [7, 11) is 1.67. The molecule has 0 fully saturated rings. The van der Waals surface area contributed by atoms with E-state index in [9.17, 15) is 14.3 Å². The number of nitrogens with one attached hydrogen (secondary N) is 1. The van der Waals surface area contributed by atoms with Gasteiger partial charge in [0.15, 0.2) is 11.4 Å². The highest BCUT2D eigenvalue weighted by Crippen LogP contribution is 2.24. The topological polar surface area (TPSA) is 82.8 Å². The molecule has 0 saturated heterocycles. The van der Waals surface area contributed by atoms with Gasteiger partial charge in [-0.1, -0.05) is 60.7 Å². The van der Waals surface area contributed by atoms with Crippen LogP contribution in [0.15, 0.2) is 65.8 Å². The molecule has 9 heteroatoms. The van der Waals surface area contributed by atoms with Crippen LogP contribution in [0.2, 0.25) is 0 Å². The summed E-state index contributed by atoms with van der Waals surface area (Å²) in [5, 5.41) is 18.3. The summed E-state index contributed by atoms with van der Waals surface area (Å²) < 4.78 is 14.3. The Hall–Kier alpha value is -3.59. The van der Waals surface area contributed by atoms with Gasteiger partial charge in [-0.2, -0.15) is 10.2 Å². The van der Waals surface area contributed by atoms with E-state index < -0.39 is 0 Å². The van der Waals surface area contributed by atoms with E-state index in [0.717, 1.165) is 5.56 Å². The minimum atomic E-state index is -0.305. The lowest BCUT2D eigenvalue weighted by Crippen LogP contribution is -2.37. The molecule has 160 valence electrons. The molecule has 1 amide bonds. The first-order valence-corrected chi connectivity index (χ1v) is 9.98. The van der Waals surface area contributed by atoms with E-state index in [4.69, 9.17) is 12.2 Å². The van der Waals surface area contributed by atoms with Crippen molar-refractivity contribution < 1.29 is 14.3 Å². The van der Waals surface area contributed by atoms with Crippen LogP contribution in [0.3, 0.4) is 0 Å². The maximum Gasteiger partial charge on any atom is 0.275 e. The van der Waals surface area contributed by atoms with Gasteiger partial charge < -0.3 is 10.0 Å². The summed E-state index contributed by atoms with van der Waals surface area (Å²) in [5.74, 6) is -0.790. The number of carbonyl (C=O) groups excluding carboxylic acids is 1. The van der Waals surface area contributed by atoms with Crippen LogP contribution >= 0.6 is 12.2 Å². The van der Waals surface area contributed by atoms with Gasteiger partial charge in [0.05, 0.1) is 12.8 Å². The van der Waals surface area contributed by atoms with Gasteiger partial charge in [0.2, 0.25) is 0 Å². The molecular formula is C22H22FN5O2S. The number of hydrogen-bond acceptors (Lipinski definition) is 5. The van der Waals surface area contributed by atoms with E-state index >= 15 is 0 Å². The van der Waals surface area contributed by atoms with Crippen LogP contribution in [0.25, 0.3) is 0 Å². The van der Waals surface area contributed by atoms with Crippen LogP contribution in [0.4, 0.5) is 4.39 Å². The van der Waals surface area contributed by atoms with Crippen molar-refractivity contribution in [3.05, 3.63) is 83.4 Å². The first-order chi connectivity index (χ1) is 15.0. The second-order valence-corrected chi connectivity index (χ2v) is 7.28. The van der Waals surface area contributed by atoms with Gasteiger partial charge in [-0.25, -0.2) is 4.39 Å². The molecule has 0 saturated carbocycles. The van der Waals surface area contributed by atoms with Crippen molar-refractivity contribution >= 4 is 29.3 Å². The first-order valence-electron chi connectivity index (χ1n) is 9.57. The molecule has 0 radical (unpaired) electrons. The molecular weight excluding hydrogens is 417 g/mol. The lowest BCUT2D eigenvalue weighted by atomic mass is 10.1. The molecule has 4 rings (SSSR count). The second kappa shape index (κ2) is 10.4. The molecule has 0 spiro atoms. The standard InChI is InChI=1S/C16H16FN5O2S.C6H6/c1-21-6-7-22-14(16(21)24)15(23)12(20-22)9-18-19-13(25)8-10-2-4-11(17)5-3-10;1-2-4-6-5-3-1/h2-5,9,23H,6-8H2,1H3,(H,19,25);1-6H/b18-9+;. The van der Waals surface area contributed by atoms with Gasteiger partial charge in [-0.15, -0.1) is 0 Å². The van der Waals surface area contributed by atoms with Crippen LogP contribution in [-0.2, 0) is 13.0 Å². The third-order valence-electron chi connectivity index (χ3n) is 4.47. The maximum absolute atomic E-state index is 12.9. The maximum atomic E-state index is 12.9. The number of benzene rings is 2. The Kier molecular flexibility index (Phi) is 7.45. The fraction of sp³-hybridized carbons (Fsp3) is 0.182. The number of aromatic nitrogens is 2. The summed E-state index contributed by atoms with van der Waals surface area (Å²) in [6.07, 6.45) is 1.72. The van der Waals surface area contributed by atoms with Gasteiger partial charge in [-0.3, -0.25) is 14.9 Å². The predicted molar refractivity (Wildman–Crippen MR) is 121 cm³/mol. The summed E-state index contributed by atoms with van der Waals surface area (Å²) in [5.41, 5.74) is 3.87. The number of carbonyl (C=O) groups is 1. The summed E-state index contributed by atoms with van der Waals surface area (Å²) >= 11 is 5.17. The molecule has 31 heavy (non-hydrogen) atoms. The van der Waals surface area contributed by atoms with Crippen LogP contribution in [0.5, 0.6) is 5.75 Å². The molecule has 3 aromatic rings. The van der Waals surface area contributed by atoms with Crippen molar-refractivity contribution in [2.45, 2.75) is 13.0 Å².